The van der Waals surface area contributed by atoms with E-state index in [1.54, 1.807) is 6.07 Å². The van der Waals surface area contributed by atoms with Gasteiger partial charge in [0.1, 0.15) is 5.82 Å². The zero-order valence-electron chi connectivity index (χ0n) is 11.5. The average Bonchev–Trinajstić information content (AvgIpc) is 3.00. The van der Waals surface area contributed by atoms with E-state index in [-0.39, 0.29) is 17.5 Å². The van der Waals surface area contributed by atoms with E-state index in [0.29, 0.717) is 5.56 Å². The molecule has 0 N–H and O–H groups in total. The van der Waals surface area contributed by atoms with Gasteiger partial charge >= 0.3 is 0 Å². The molecule has 0 aliphatic carbocycles. The second-order valence-electron chi connectivity index (χ2n) is 5.20. The molecule has 3 atom stereocenters. The Bertz CT molecular complexity index is 686. The minimum Gasteiger partial charge on any atom is -0.376 e. The van der Waals surface area contributed by atoms with Crippen LogP contribution in [0.25, 0.3) is 11.0 Å². The summed E-state index contributed by atoms with van der Waals surface area (Å²) in [6, 6.07) is 7.96. The van der Waals surface area contributed by atoms with Crippen molar-refractivity contribution in [3.05, 3.63) is 29.6 Å². The first-order valence-electron chi connectivity index (χ1n) is 6.79. The highest BCUT2D eigenvalue weighted by atomic mass is 35.5. The standard InChI is InChI=1S/C15H16ClN3O/c1-9(16)15-18-12-4-3-11(8-17)7-14(12)19(15)13-5-6-20-10(13)2/h3-4,7,9-10,13H,5-6H2,1-2H3. The summed E-state index contributed by atoms with van der Waals surface area (Å²) >= 11 is 6.29. The maximum absolute atomic E-state index is 9.09. The number of imidazole rings is 1. The third kappa shape index (κ3) is 2.07. The Morgan fingerprint density at radius 1 is 1.55 bits per heavy atom. The second kappa shape index (κ2) is 5.08. The molecule has 2 heterocycles. The molecule has 3 rings (SSSR count). The number of alkyl halides is 1. The van der Waals surface area contributed by atoms with Crippen LogP contribution in [0.2, 0.25) is 0 Å². The quantitative estimate of drug-likeness (QED) is 0.794. The van der Waals surface area contributed by atoms with Crippen LogP contribution < -0.4 is 0 Å². The van der Waals surface area contributed by atoms with Gasteiger partial charge in [0.05, 0.1) is 40.2 Å². The van der Waals surface area contributed by atoms with Gasteiger partial charge < -0.3 is 9.30 Å². The molecule has 1 saturated heterocycles. The summed E-state index contributed by atoms with van der Waals surface area (Å²) in [7, 11) is 0. The van der Waals surface area contributed by atoms with Crippen molar-refractivity contribution in [3.8, 4) is 6.07 Å². The molecule has 0 spiro atoms. The molecule has 1 fully saturated rings. The number of hydrogen-bond acceptors (Lipinski definition) is 3. The Balaban J connectivity index is 2.25. The molecule has 0 bridgehead atoms. The topological polar surface area (TPSA) is 50.8 Å². The zero-order chi connectivity index (χ0) is 14.3. The third-order valence-electron chi connectivity index (χ3n) is 3.87. The molecule has 5 heteroatoms. The van der Waals surface area contributed by atoms with Gasteiger partial charge in [-0.05, 0) is 38.5 Å². The van der Waals surface area contributed by atoms with E-state index in [4.69, 9.17) is 21.6 Å². The molecule has 20 heavy (non-hydrogen) atoms. The van der Waals surface area contributed by atoms with Crippen molar-refractivity contribution in [3.63, 3.8) is 0 Å². The van der Waals surface area contributed by atoms with Crippen molar-refractivity contribution in [1.82, 2.24) is 9.55 Å². The van der Waals surface area contributed by atoms with Crippen LogP contribution in [-0.2, 0) is 4.74 Å². The molecular weight excluding hydrogens is 274 g/mol. The predicted molar refractivity (Wildman–Crippen MR) is 77.8 cm³/mol. The summed E-state index contributed by atoms with van der Waals surface area (Å²) in [5.74, 6) is 0.846. The first-order chi connectivity index (χ1) is 9.61. The lowest BCUT2D eigenvalue weighted by Crippen LogP contribution is -2.19. The lowest BCUT2D eigenvalue weighted by atomic mass is 10.1. The highest BCUT2D eigenvalue weighted by Gasteiger charge is 2.30. The largest absolute Gasteiger partial charge is 0.376 e. The molecule has 1 aromatic carbocycles. The fraction of sp³-hybridized carbons (Fsp3) is 0.467. The van der Waals surface area contributed by atoms with Crippen molar-refractivity contribution in [2.45, 2.75) is 37.8 Å². The summed E-state index contributed by atoms with van der Waals surface area (Å²) < 4.78 is 7.83. The van der Waals surface area contributed by atoms with Crippen LogP contribution in [0.1, 0.15) is 43.1 Å². The van der Waals surface area contributed by atoms with Gasteiger partial charge in [-0.15, -0.1) is 11.6 Å². The smallest absolute Gasteiger partial charge is 0.128 e. The summed E-state index contributed by atoms with van der Waals surface area (Å²) in [4.78, 5) is 4.63. The minimum atomic E-state index is -0.180. The van der Waals surface area contributed by atoms with Crippen molar-refractivity contribution in [1.29, 1.82) is 5.26 Å². The molecule has 3 unspecified atom stereocenters. The molecular formula is C15H16ClN3O. The second-order valence-corrected chi connectivity index (χ2v) is 5.86. The monoisotopic (exact) mass is 289 g/mol. The number of rotatable bonds is 2. The number of halogens is 1. The SMILES string of the molecule is CC(Cl)c1nc2ccc(C#N)cc2n1C1CCOC1C. The Labute approximate surface area is 122 Å². The first kappa shape index (κ1) is 13.4. The van der Waals surface area contributed by atoms with Crippen LogP contribution in [0, 0.1) is 11.3 Å². The van der Waals surface area contributed by atoms with E-state index < -0.39 is 0 Å². The zero-order valence-corrected chi connectivity index (χ0v) is 12.3. The van der Waals surface area contributed by atoms with Gasteiger partial charge in [0, 0.05) is 6.61 Å². The van der Waals surface area contributed by atoms with Gasteiger partial charge in [-0.2, -0.15) is 5.26 Å². The van der Waals surface area contributed by atoms with E-state index in [9.17, 15) is 0 Å². The van der Waals surface area contributed by atoms with E-state index in [0.717, 1.165) is 29.9 Å². The van der Waals surface area contributed by atoms with Crippen LogP contribution >= 0.6 is 11.6 Å². The Kier molecular flexibility index (Phi) is 3.41. The van der Waals surface area contributed by atoms with Gasteiger partial charge in [-0.1, -0.05) is 0 Å². The van der Waals surface area contributed by atoms with Crippen LogP contribution in [0.4, 0.5) is 0 Å². The molecule has 0 amide bonds. The van der Waals surface area contributed by atoms with Gasteiger partial charge in [0.15, 0.2) is 0 Å². The molecule has 0 radical (unpaired) electrons. The Morgan fingerprint density at radius 2 is 2.35 bits per heavy atom. The summed E-state index contributed by atoms with van der Waals surface area (Å²) in [5, 5.41) is 8.91. The lowest BCUT2D eigenvalue weighted by Gasteiger charge is -2.20. The summed E-state index contributed by atoms with van der Waals surface area (Å²) in [5.41, 5.74) is 2.48. The van der Waals surface area contributed by atoms with Crippen molar-refractivity contribution >= 4 is 22.6 Å². The number of nitriles is 1. The van der Waals surface area contributed by atoms with E-state index in [1.165, 1.54) is 0 Å². The number of ether oxygens (including phenoxy) is 1. The molecule has 104 valence electrons. The number of nitrogens with zero attached hydrogens (tertiary/aromatic N) is 3. The van der Waals surface area contributed by atoms with Gasteiger partial charge in [-0.25, -0.2) is 4.98 Å². The normalized spacial score (nSPS) is 23.9. The van der Waals surface area contributed by atoms with Crippen molar-refractivity contribution < 1.29 is 4.74 Å². The summed E-state index contributed by atoms with van der Waals surface area (Å²) in [6.45, 7) is 4.74. The van der Waals surface area contributed by atoms with E-state index in [2.05, 4.69) is 22.5 Å². The first-order valence-corrected chi connectivity index (χ1v) is 7.23. The average molecular weight is 290 g/mol. The Hall–Kier alpha value is -1.57. The number of hydrogen-bond donors (Lipinski definition) is 0. The van der Waals surface area contributed by atoms with Crippen LogP contribution in [-0.4, -0.2) is 22.3 Å². The van der Waals surface area contributed by atoms with Gasteiger partial charge in [0.2, 0.25) is 0 Å². The number of benzene rings is 1. The van der Waals surface area contributed by atoms with Crippen molar-refractivity contribution in [2.24, 2.45) is 0 Å². The van der Waals surface area contributed by atoms with E-state index in [1.807, 2.05) is 19.1 Å². The van der Waals surface area contributed by atoms with E-state index >= 15 is 0 Å². The highest BCUT2D eigenvalue weighted by molar-refractivity contribution is 6.20. The maximum atomic E-state index is 9.09. The van der Waals surface area contributed by atoms with Crippen LogP contribution in [0.5, 0.6) is 0 Å². The van der Waals surface area contributed by atoms with Crippen LogP contribution in [0.15, 0.2) is 18.2 Å². The van der Waals surface area contributed by atoms with Gasteiger partial charge in [0.25, 0.3) is 0 Å². The fourth-order valence-electron chi connectivity index (χ4n) is 2.87. The fourth-order valence-corrected chi connectivity index (χ4v) is 3.02. The number of fused-ring (bicyclic) bond motifs is 1. The molecule has 1 aliphatic rings. The number of aromatic nitrogens is 2. The maximum Gasteiger partial charge on any atom is 0.128 e. The molecule has 2 aromatic rings. The molecule has 0 saturated carbocycles. The van der Waals surface area contributed by atoms with Gasteiger partial charge in [-0.3, -0.25) is 0 Å². The van der Waals surface area contributed by atoms with Crippen molar-refractivity contribution in [2.75, 3.05) is 6.61 Å². The summed E-state index contributed by atoms with van der Waals surface area (Å²) in [6.07, 6.45) is 1.08. The minimum absolute atomic E-state index is 0.132. The molecule has 1 aliphatic heterocycles. The Morgan fingerprint density at radius 3 is 2.95 bits per heavy atom. The third-order valence-corrected chi connectivity index (χ3v) is 4.06. The molecule has 4 nitrogen and oxygen atoms in total. The van der Waals surface area contributed by atoms with Crippen LogP contribution in [0.3, 0.4) is 0 Å². The lowest BCUT2D eigenvalue weighted by molar-refractivity contribution is 0.108. The highest BCUT2D eigenvalue weighted by Crippen LogP contribution is 2.34. The molecule has 1 aromatic heterocycles. The predicted octanol–water partition coefficient (Wildman–Crippen LogP) is 3.56.